The van der Waals surface area contributed by atoms with Crippen LogP contribution >= 0.6 is 27.5 Å². The number of carbonyl (C=O) groups excluding carboxylic acids is 1. The normalized spacial score (nSPS) is 12.5. The Morgan fingerprint density at radius 1 is 1.53 bits per heavy atom. The van der Waals surface area contributed by atoms with E-state index in [1.54, 1.807) is 6.07 Å². The number of phenols is 1. The molecule has 0 bridgehead atoms. The second kappa shape index (κ2) is 6.26. The number of rotatable bonds is 4. The number of alkyl halides is 1. The summed E-state index contributed by atoms with van der Waals surface area (Å²) in [6, 6.07) is 4.48. The molecule has 0 aliphatic carbocycles. The molecule has 1 atom stereocenters. The fraction of sp³-hybridized carbons (Fsp3) is 0.417. The number of halogens is 2. The van der Waals surface area contributed by atoms with E-state index in [1.807, 2.05) is 13.8 Å². The molecule has 0 spiro atoms. The smallest absolute Gasteiger partial charge is 0.251 e. The van der Waals surface area contributed by atoms with Crippen molar-refractivity contribution in [1.82, 2.24) is 5.32 Å². The lowest BCUT2D eigenvalue weighted by Crippen LogP contribution is -2.39. The summed E-state index contributed by atoms with van der Waals surface area (Å²) in [5.41, 5.74) is 0.444. The van der Waals surface area contributed by atoms with E-state index >= 15 is 0 Å². The average Bonchev–Trinajstić information content (AvgIpc) is 2.28. The number of nitrogens with one attached hydrogen (secondary N) is 1. The molecule has 0 heterocycles. The van der Waals surface area contributed by atoms with Gasteiger partial charge in [0.05, 0.1) is 5.02 Å². The standard InChI is InChI=1S/C12H15BrClNO2/c1-7(2)10(6-13)15-12(17)8-3-4-11(16)9(14)5-8/h3-5,7,10,16H,6H2,1-2H3,(H,15,17). The first-order valence-corrected chi connectivity index (χ1v) is 6.81. The van der Waals surface area contributed by atoms with Gasteiger partial charge in [-0.3, -0.25) is 4.79 Å². The van der Waals surface area contributed by atoms with Crippen LogP contribution in [0.1, 0.15) is 24.2 Å². The molecule has 0 fully saturated rings. The van der Waals surface area contributed by atoms with Crippen LogP contribution in [0.5, 0.6) is 5.75 Å². The quantitative estimate of drug-likeness (QED) is 0.837. The third kappa shape index (κ3) is 3.89. The van der Waals surface area contributed by atoms with Crippen LogP contribution in [0.2, 0.25) is 5.02 Å². The minimum atomic E-state index is -0.190. The molecular formula is C12H15BrClNO2. The van der Waals surface area contributed by atoms with E-state index in [0.717, 1.165) is 0 Å². The molecule has 1 amide bonds. The van der Waals surface area contributed by atoms with Crippen molar-refractivity contribution in [1.29, 1.82) is 0 Å². The summed E-state index contributed by atoms with van der Waals surface area (Å²) in [4.78, 5) is 11.9. The Bertz CT molecular complexity index is 409. The maximum absolute atomic E-state index is 11.9. The van der Waals surface area contributed by atoms with Gasteiger partial charge < -0.3 is 10.4 Å². The van der Waals surface area contributed by atoms with E-state index in [1.165, 1.54) is 12.1 Å². The number of carbonyl (C=O) groups is 1. The summed E-state index contributed by atoms with van der Waals surface area (Å²) in [6.45, 7) is 4.08. The van der Waals surface area contributed by atoms with Gasteiger partial charge in [-0.2, -0.15) is 0 Å². The Hall–Kier alpha value is -0.740. The Morgan fingerprint density at radius 2 is 2.18 bits per heavy atom. The van der Waals surface area contributed by atoms with Crippen molar-refractivity contribution in [3.05, 3.63) is 28.8 Å². The van der Waals surface area contributed by atoms with E-state index in [9.17, 15) is 9.90 Å². The zero-order valence-corrected chi connectivity index (χ0v) is 12.0. The van der Waals surface area contributed by atoms with Crippen LogP contribution in [0.4, 0.5) is 0 Å². The van der Waals surface area contributed by atoms with Crippen molar-refractivity contribution in [3.63, 3.8) is 0 Å². The van der Waals surface area contributed by atoms with Gasteiger partial charge in [0, 0.05) is 16.9 Å². The zero-order valence-electron chi connectivity index (χ0n) is 9.71. The minimum absolute atomic E-state index is 0.0240. The predicted octanol–water partition coefficient (Wildman–Crippen LogP) is 3.19. The number of aromatic hydroxyl groups is 1. The topological polar surface area (TPSA) is 49.3 Å². The van der Waals surface area contributed by atoms with Gasteiger partial charge in [-0.1, -0.05) is 41.4 Å². The monoisotopic (exact) mass is 319 g/mol. The highest BCUT2D eigenvalue weighted by molar-refractivity contribution is 9.09. The van der Waals surface area contributed by atoms with Crippen LogP contribution in [-0.2, 0) is 0 Å². The van der Waals surface area contributed by atoms with Gasteiger partial charge >= 0.3 is 0 Å². The van der Waals surface area contributed by atoms with Crippen LogP contribution in [0.3, 0.4) is 0 Å². The van der Waals surface area contributed by atoms with Gasteiger partial charge in [0.2, 0.25) is 0 Å². The zero-order chi connectivity index (χ0) is 13.0. The maximum atomic E-state index is 11.9. The molecule has 0 saturated carbocycles. The SMILES string of the molecule is CC(C)C(CBr)NC(=O)c1ccc(O)c(Cl)c1. The lowest BCUT2D eigenvalue weighted by atomic mass is 10.1. The van der Waals surface area contributed by atoms with E-state index in [2.05, 4.69) is 21.2 Å². The highest BCUT2D eigenvalue weighted by atomic mass is 79.9. The van der Waals surface area contributed by atoms with Crippen molar-refractivity contribution in [2.45, 2.75) is 19.9 Å². The van der Waals surface area contributed by atoms with Crippen molar-refractivity contribution < 1.29 is 9.90 Å². The van der Waals surface area contributed by atoms with Crippen LogP contribution < -0.4 is 5.32 Å². The van der Waals surface area contributed by atoms with Crippen molar-refractivity contribution in [3.8, 4) is 5.75 Å². The molecule has 1 aromatic carbocycles. The Labute approximate surface area is 114 Å². The molecule has 1 rings (SSSR count). The molecular weight excluding hydrogens is 305 g/mol. The van der Waals surface area contributed by atoms with Crippen LogP contribution in [0.25, 0.3) is 0 Å². The third-order valence-electron chi connectivity index (χ3n) is 2.50. The summed E-state index contributed by atoms with van der Waals surface area (Å²) < 4.78 is 0. The van der Waals surface area contributed by atoms with E-state index in [0.29, 0.717) is 16.8 Å². The summed E-state index contributed by atoms with van der Waals surface area (Å²) >= 11 is 9.11. The molecule has 94 valence electrons. The van der Waals surface area contributed by atoms with Crippen molar-refractivity contribution >= 4 is 33.4 Å². The summed E-state index contributed by atoms with van der Waals surface area (Å²) in [5, 5.41) is 13.0. The number of benzene rings is 1. The molecule has 3 nitrogen and oxygen atoms in total. The van der Waals surface area contributed by atoms with Gasteiger partial charge in [0.1, 0.15) is 5.75 Å². The van der Waals surface area contributed by atoms with Gasteiger partial charge in [-0.05, 0) is 24.1 Å². The fourth-order valence-corrected chi connectivity index (χ4v) is 2.37. The Kier molecular flexibility index (Phi) is 5.28. The molecule has 0 aliphatic heterocycles. The molecule has 0 radical (unpaired) electrons. The fourth-order valence-electron chi connectivity index (χ4n) is 1.28. The Morgan fingerprint density at radius 3 is 2.65 bits per heavy atom. The summed E-state index contributed by atoms with van der Waals surface area (Å²) in [5.74, 6) is 0.125. The van der Waals surface area contributed by atoms with E-state index in [4.69, 9.17) is 11.6 Å². The summed E-state index contributed by atoms with van der Waals surface area (Å²) in [7, 11) is 0. The third-order valence-corrected chi connectivity index (χ3v) is 3.50. The molecule has 0 saturated heterocycles. The molecule has 2 N–H and O–H groups in total. The molecule has 1 aromatic rings. The predicted molar refractivity (Wildman–Crippen MR) is 73.0 cm³/mol. The molecule has 1 unspecified atom stereocenters. The van der Waals surface area contributed by atoms with Crippen molar-refractivity contribution in [2.24, 2.45) is 5.92 Å². The van der Waals surface area contributed by atoms with Crippen LogP contribution in [0.15, 0.2) is 18.2 Å². The number of phenolic OH excluding ortho intramolecular Hbond substituents is 1. The lowest BCUT2D eigenvalue weighted by Gasteiger charge is -2.20. The van der Waals surface area contributed by atoms with Crippen molar-refractivity contribution in [2.75, 3.05) is 5.33 Å². The van der Waals surface area contributed by atoms with Gasteiger partial charge in [0.25, 0.3) is 5.91 Å². The minimum Gasteiger partial charge on any atom is -0.506 e. The number of hydrogen-bond acceptors (Lipinski definition) is 2. The second-order valence-corrected chi connectivity index (χ2v) is 5.20. The molecule has 0 aliphatic rings. The average molecular weight is 321 g/mol. The number of amides is 1. The van der Waals surface area contributed by atoms with Crippen LogP contribution in [-0.4, -0.2) is 22.4 Å². The molecule has 0 aromatic heterocycles. The number of hydrogen-bond donors (Lipinski definition) is 2. The van der Waals surface area contributed by atoms with Crippen LogP contribution in [0, 0.1) is 5.92 Å². The highest BCUT2D eigenvalue weighted by Gasteiger charge is 2.16. The highest BCUT2D eigenvalue weighted by Crippen LogP contribution is 2.23. The largest absolute Gasteiger partial charge is 0.506 e. The first-order chi connectivity index (χ1) is 7.95. The van der Waals surface area contributed by atoms with Gasteiger partial charge in [-0.25, -0.2) is 0 Å². The van der Waals surface area contributed by atoms with Gasteiger partial charge in [0.15, 0.2) is 0 Å². The first kappa shape index (κ1) is 14.3. The molecule has 17 heavy (non-hydrogen) atoms. The van der Waals surface area contributed by atoms with E-state index < -0.39 is 0 Å². The molecule has 5 heteroatoms. The second-order valence-electron chi connectivity index (χ2n) is 4.14. The summed E-state index contributed by atoms with van der Waals surface area (Å²) in [6.07, 6.45) is 0. The van der Waals surface area contributed by atoms with Gasteiger partial charge in [-0.15, -0.1) is 0 Å². The Balaban J connectivity index is 2.79. The maximum Gasteiger partial charge on any atom is 0.251 e. The van der Waals surface area contributed by atoms with E-state index in [-0.39, 0.29) is 22.7 Å². The lowest BCUT2D eigenvalue weighted by molar-refractivity contribution is 0.0932. The first-order valence-electron chi connectivity index (χ1n) is 5.31.